The first kappa shape index (κ1) is 100.0. The van der Waals surface area contributed by atoms with Crippen LogP contribution in [0.25, 0.3) is 0 Å². The van der Waals surface area contributed by atoms with E-state index in [4.69, 9.17) is 28.4 Å². The topological polar surface area (TPSA) is 307 Å². The minimum atomic E-state index is -1.97. The fourth-order valence-corrected chi connectivity index (χ4v) is 16.1. The molecule has 107 heavy (non-hydrogen) atoms. The number of unbranched alkanes of at least 4 members (excludes halogenated alkanes) is 60. The molecule has 17 atom stereocenters. The Morgan fingerprint density at radius 1 is 0.299 bits per heavy atom. The summed E-state index contributed by atoms with van der Waals surface area (Å²) in [6.45, 7) is 1.89. The maximum absolute atomic E-state index is 13.5. The summed E-state index contributed by atoms with van der Waals surface area (Å²) in [4.78, 5) is 13.5. The van der Waals surface area contributed by atoms with Crippen molar-refractivity contribution in [3.63, 3.8) is 0 Å². The van der Waals surface area contributed by atoms with Gasteiger partial charge in [0.1, 0.15) is 73.2 Å². The quantitative estimate of drug-likeness (QED) is 0.0252. The molecular formula is C88H171NO18. The highest BCUT2D eigenvalue weighted by Gasteiger charge is 2.54. The number of hydrogen-bond acceptors (Lipinski definition) is 18. The molecule has 19 nitrogen and oxygen atoms in total. The minimum Gasteiger partial charge on any atom is -0.394 e. The molecule has 0 bridgehead atoms. The first-order chi connectivity index (χ1) is 52.3. The fraction of sp³-hybridized carbons (Fsp3) is 0.989. The summed E-state index contributed by atoms with van der Waals surface area (Å²) >= 11 is 0. The number of rotatable bonds is 76. The van der Waals surface area contributed by atoms with E-state index in [1.54, 1.807) is 0 Å². The lowest BCUT2D eigenvalue weighted by Gasteiger charge is -2.48. The zero-order valence-electron chi connectivity index (χ0n) is 68.7. The van der Waals surface area contributed by atoms with Gasteiger partial charge >= 0.3 is 0 Å². The number of aliphatic hydroxyl groups excluding tert-OH is 11. The number of carbonyl (C=O) groups excluding carboxylic acids is 1. The molecule has 0 saturated carbocycles. The molecule has 636 valence electrons. The predicted octanol–water partition coefficient (Wildman–Crippen LogP) is 17.3. The van der Waals surface area contributed by atoms with Gasteiger partial charge in [0.15, 0.2) is 18.9 Å². The van der Waals surface area contributed by atoms with Crippen molar-refractivity contribution in [3.05, 3.63) is 0 Å². The largest absolute Gasteiger partial charge is 0.394 e. The van der Waals surface area contributed by atoms with E-state index in [2.05, 4.69) is 19.2 Å². The van der Waals surface area contributed by atoms with Crippen molar-refractivity contribution in [2.24, 2.45) is 0 Å². The average Bonchev–Trinajstić information content (AvgIpc) is 0.781. The molecule has 3 rings (SSSR count). The summed E-state index contributed by atoms with van der Waals surface area (Å²) in [5.74, 6) is -0.231. The number of aliphatic hydroxyl groups is 11. The standard InChI is InChI=1S/C88H171NO18/c1-3-5-7-9-11-13-15-17-19-21-23-25-27-29-30-31-32-33-34-35-36-37-38-39-40-42-44-46-48-50-52-54-56-58-60-62-64-66-76(94)89-71(72(93)65-63-61-59-57-55-53-51-49-47-45-43-41-28-26-24-22-20-18-16-14-12-10-8-6-4-2)70-102-86-82(100)79(97)84(74(68-91)104-86)107-88-83(101)80(98)85(75(69-92)105-88)106-87-81(99)78(96)77(95)73(67-90)103-87/h71-75,77-88,90-93,95-101H,3-70H2,1-2H3,(H,89,94). The summed E-state index contributed by atoms with van der Waals surface area (Å²) in [6.07, 6.45) is 56.6. The van der Waals surface area contributed by atoms with Gasteiger partial charge < -0.3 is 89.9 Å². The van der Waals surface area contributed by atoms with Gasteiger partial charge in [0.05, 0.1) is 38.6 Å². The SMILES string of the molecule is CCCCCCCCCCCCCCCCCCCCCCCCCCCCCCCCCCCCCCCC(=O)NC(COC1OC(CO)C(OC2OC(CO)C(OC3OC(CO)C(O)C(O)C3O)C(O)C2O)C(O)C1O)C(O)CCCCCCCCCCCCCCCCCCCCCCCCCCC. The highest BCUT2D eigenvalue weighted by Crippen LogP contribution is 2.34. The average molecular weight is 1530 g/mol. The van der Waals surface area contributed by atoms with E-state index in [-0.39, 0.29) is 18.9 Å². The molecule has 3 fully saturated rings. The Hall–Kier alpha value is -1.21. The Kier molecular flexibility index (Phi) is 64.6. The molecule has 0 aromatic rings. The Balaban J connectivity index is 1.30. The molecule has 0 aromatic carbocycles. The van der Waals surface area contributed by atoms with Crippen molar-refractivity contribution < 1.29 is 89.4 Å². The van der Waals surface area contributed by atoms with Crippen LogP contribution in [0.5, 0.6) is 0 Å². The number of nitrogens with one attached hydrogen (secondary N) is 1. The molecule has 3 aliphatic heterocycles. The van der Waals surface area contributed by atoms with Crippen molar-refractivity contribution in [1.82, 2.24) is 5.32 Å². The Labute approximate surface area is 653 Å². The van der Waals surface area contributed by atoms with E-state index >= 15 is 0 Å². The molecule has 17 unspecified atom stereocenters. The summed E-state index contributed by atoms with van der Waals surface area (Å²) in [7, 11) is 0. The lowest BCUT2D eigenvalue weighted by atomic mass is 9.96. The van der Waals surface area contributed by atoms with E-state index < -0.39 is 124 Å². The van der Waals surface area contributed by atoms with Crippen LogP contribution in [0.1, 0.15) is 425 Å². The van der Waals surface area contributed by atoms with Crippen LogP contribution in [0.4, 0.5) is 0 Å². The van der Waals surface area contributed by atoms with Gasteiger partial charge in [-0.1, -0.05) is 406 Å². The first-order valence-corrected chi connectivity index (χ1v) is 45.8. The summed E-state index contributed by atoms with van der Waals surface area (Å²) in [5.41, 5.74) is 0. The second-order valence-corrected chi connectivity index (χ2v) is 33.1. The van der Waals surface area contributed by atoms with Gasteiger partial charge in [-0.05, 0) is 12.8 Å². The molecule has 0 radical (unpaired) electrons. The van der Waals surface area contributed by atoms with Crippen LogP contribution >= 0.6 is 0 Å². The van der Waals surface area contributed by atoms with E-state index in [9.17, 15) is 61.0 Å². The Morgan fingerprint density at radius 3 is 0.813 bits per heavy atom. The normalized spacial score (nSPS) is 25.4. The van der Waals surface area contributed by atoms with Crippen molar-refractivity contribution in [3.8, 4) is 0 Å². The molecule has 3 saturated heterocycles. The second-order valence-electron chi connectivity index (χ2n) is 33.1. The summed E-state index contributed by atoms with van der Waals surface area (Å²) in [5, 5.41) is 121. The molecule has 0 aromatic heterocycles. The van der Waals surface area contributed by atoms with Crippen molar-refractivity contribution in [1.29, 1.82) is 0 Å². The van der Waals surface area contributed by atoms with Gasteiger partial charge in [-0.2, -0.15) is 0 Å². The molecule has 3 heterocycles. The van der Waals surface area contributed by atoms with Gasteiger partial charge in [-0.3, -0.25) is 4.79 Å². The van der Waals surface area contributed by atoms with Crippen LogP contribution in [0.3, 0.4) is 0 Å². The lowest BCUT2D eigenvalue weighted by Crippen LogP contribution is -2.66. The number of amides is 1. The van der Waals surface area contributed by atoms with Crippen LogP contribution in [0.15, 0.2) is 0 Å². The van der Waals surface area contributed by atoms with E-state index in [0.717, 1.165) is 44.9 Å². The second kappa shape index (κ2) is 69.1. The van der Waals surface area contributed by atoms with Gasteiger partial charge in [0, 0.05) is 6.42 Å². The maximum Gasteiger partial charge on any atom is 0.220 e. The summed E-state index contributed by atoms with van der Waals surface area (Å²) in [6, 6.07) is -0.884. The van der Waals surface area contributed by atoms with Crippen LogP contribution in [0, 0.1) is 0 Å². The van der Waals surface area contributed by atoms with Gasteiger partial charge in [-0.25, -0.2) is 0 Å². The highest BCUT2D eigenvalue weighted by molar-refractivity contribution is 5.76. The Bertz CT molecular complexity index is 1930. The smallest absolute Gasteiger partial charge is 0.220 e. The first-order valence-electron chi connectivity index (χ1n) is 45.8. The summed E-state index contributed by atoms with van der Waals surface area (Å²) < 4.78 is 34.6. The fourth-order valence-electron chi connectivity index (χ4n) is 16.1. The van der Waals surface area contributed by atoms with Crippen LogP contribution < -0.4 is 5.32 Å². The third kappa shape index (κ3) is 48.1. The van der Waals surface area contributed by atoms with Crippen molar-refractivity contribution >= 4 is 5.91 Å². The van der Waals surface area contributed by atoms with Crippen LogP contribution in [-0.4, -0.2) is 193 Å². The van der Waals surface area contributed by atoms with Gasteiger partial charge in [-0.15, -0.1) is 0 Å². The molecular weight excluding hydrogens is 1360 g/mol. The molecule has 3 aliphatic rings. The molecule has 1 amide bonds. The van der Waals surface area contributed by atoms with Gasteiger partial charge in [0.25, 0.3) is 0 Å². The number of carbonyl (C=O) groups is 1. The molecule has 12 N–H and O–H groups in total. The highest BCUT2D eigenvalue weighted by atomic mass is 16.8. The predicted molar refractivity (Wildman–Crippen MR) is 430 cm³/mol. The zero-order valence-corrected chi connectivity index (χ0v) is 68.7. The third-order valence-electron chi connectivity index (χ3n) is 23.4. The number of ether oxygens (including phenoxy) is 6. The van der Waals surface area contributed by atoms with E-state index in [1.807, 2.05) is 0 Å². The monoisotopic (exact) mass is 1530 g/mol. The molecule has 0 spiro atoms. The van der Waals surface area contributed by atoms with Crippen molar-refractivity contribution in [2.45, 2.75) is 529 Å². The third-order valence-corrected chi connectivity index (χ3v) is 23.4. The molecule has 0 aliphatic carbocycles. The van der Waals surface area contributed by atoms with E-state index in [1.165, 1.54) is 347 Å². The van der Waals surface area contributed by atoms with Crippen LogP contribution in [-0.2, 0) is 33.2 Å². The Morgan fingerprint density at radius 2 is 0.533 bits per heavy atom. The zero-order chi connectivity index (χ0) is 77.4. The lowest BCUT2D eigenvalue weighted by molar-refractivity contribution is -0.379. The van der Waals surface area contributed by atoms with Crippen molar-refractivity contribution in [2.75, 3.05) is 26.4 Å². The van der Waals surface area contributed by atoms with Crippen LogP contribution in [0.2, 0.25) is 0 Å². The molecule has 19 heteroatoms. The van der Waals surface area contributed by atoms with Gasteiger partial charge in [0.2, 0.25) is 5.91 Å². The van der Waals surface area contributed by atoms with E-state index in [0.29, 0.717) is 12.8 Å². The number of hydrogen-bond donors (Lipinski definition) is 12. The minimum absolute atomic E-state index is 0.231. The maximum atomic E-state index is 13.5.